The maximum absolute atomic E-state index is 13.8. The van der Waals surface area contributed by atoms with Crippen molar-refractivity contribution in [3.63, 3.8) is 0 Å². The zero-order chi connectivity index (χ0) is 40.6. The number of aliphatic hydroxyl groups is 1. The average Bonchev–Trinajstić information content (AvgIpc) is 3.79. The van der Waals surface area contributed by atoms with Crippen molar-refractivity contribution in [1.82, 2.24) is 20.5 Å². The third kappa shape index (κ3) is 18.2. The molecule has 0 saturated carbocycles. The van der Waals surface area contributed by atoms with Crippen LogP contribution in [-0.2, 0) is 49.3 Å². The van der Waals surface area contributed by atoms with E-state index in [1.165, 1.54) is 4.90 Å². The van der Waals surface area contributed by atoms with Crippen molar-refractivity contribution in [2.75, 3.05) is 91.7 Å². The van der Waals surface area contributed by atoms with Gasteiger partial charge in [0, 0.05) is 32.0 Å². The smallest absolute Gasteiger partial charge is 0.246 e. The second-order valence-electron chi connectivity index (χ2n) is 14.7. The number of carbonyl (C=O) groups is 3. The lowest BCUT2D eigenvalue weighted by Gasteiger charge is -2.35. The predicted octanol–water partition coefficient (Wildman–Crippen LogP) is 4.13. The standard InChI is InChI=1S/C40H63ClN4O10S/c1-30-36(56-29-43-30)32-11-9-31(10-12-32)26-42-38(48)34-25-33(46)27-45(34)39(49)37(40(2,3)4)44-35(47)28-55-24-23-54-22-21-53-20-19-52-18-17-51-16-15-50-14-8-6-5-7-13-41/h9-12,29,33-34,37,46H,5-8,13-28H2,1-4H3,(H,42,48)(H,44,47). The maximum Gasteiger partial charge on any atom is 0.246 e. The van der Waals surface area contributed by atoms with Gasteiger partial charge in [-0.2, -0.15) is 0 Å². The van der Waals surface area contributed by atoms with Crippen LogP contribution >= 0.6 is 22.9 Å². The quantitative estimate of drug-likeness (QED) is 0.0798. The van der Waals surface area contributed by atoms with Gasteiger partial charge in [-0.15, -0.1) is 22.9 Å². The fourth-order valence-corrected chi connectivity index (χ4v) is 6.90. The van der Waals surface area contributed by atoms with Gasteiger partial charge in [-0.05, 0) is 36.3 Å². The Morgan fingerprint density at radius 3 is 1.95 bits per heavy atom. The molecule has 3 rings (SSSR count). The number of amides is 3. The number of likely N-dealkylation sites (tertiary alicyclic amines) is 1. The Labute approximate surface area is 341 Å². The molecule has 2 aromatic rings. The van der Waals surface area contributed by atoms with E-state index in [9.17, 15) is 19.5 Å². The van der Waals surface area contributed by atoms with Crippen LogP contribution in [0.25, 0.3) is 10.4 Å². The van der Waals surface area contributed by atoms with Crippen molar-refractivity contribution in [1.29, 1.82) is 0 Å². The normalized spacial score (nSPS) is 16.3. The van der Waals surface area contributed by atoms with Gasteiger partial charge >= 0.3 is 0 Å². The second-order valence-corrected chi connectivity index (χ2v) is 15.9. The van der Waals surface area contributed by atoms with E-state index < -0.39 is 35.4 Å². The molecule has 316 valence electrons. The molecule has 3 atom stereocenters. The number of carbonyl (C=O) groups excluding carboxylic acids is 3. The molecule has 0 bridgehead atoms. The number of halogens is 1. The molecule has 2 heterocycles. The van der Waals surface area contributed by atoms with Gasteiger partial charge in [-0.1, -0.05) is 57.9 Å². The van der Waals surface area contributed by atoms with Gasteiger partial charge in [0.1, 0.15) is 18.7 Å². The number of nitrogens with one attached hydrogen (secondary N) is 2. The Bertz CT molecular complexity index is 1410. The van der Waals surface area contributed by atoms with Gasteiger partial charge in [0.25, 0.3) is 0 Å². The van der Waals surface area contributed by atoms with Crippen LogP contribution in [0.15, 0.2) is 29.8 Å². The minimum atomic E-state index is -0.946. The molecular formula is C40H63ClN4O10S. The van der Waals surface area contributed by atoms with E-state index in [0.29, 0.717) is 52.9 Å². The van der Waals surface area contributed by atoms with Crippen LogP contribution in [0.3, 0.4) is 0 Å². The summed E-state index contributed by atoms with van der Waals surface area (Å²) in [5, 5.41) is 16.2. The highest BCUT2D eigenvalue weighted by atomic mass is 35.5. The van der Waals surface area contributed by atoms with Crippen LogP contribution in [0.1, 0.15) is 64.1 Å². The lowest BCUT2D eigenvalue weighted by atomic mass is 9.85. The number of ether oxygens (including phenoxy) is 6. The number of unbranched alkanes of at least 4 members (excludes halogenated alkanes) is 3. The number of hydrogen-bond acceptors (Lipinski definition) is 12. The highest BCUT2D eigenvalue weighted by Crippen LogP contribution is 2.28. The maximum atomic E-state index is 13.8. The van der Waals surface area contributed by atoms with Crippen molar-refractivity contribution >= 4 is 40.7 Å². The lowest BCUT2D eigenvalue weighted by molar-refractivity contribution is -0.144. The first-order valence-electron chi connectivity index (χ1n) is 19.6. The Morgan fingerprint density at radius 1 is 0.857 bits per heavy atom. The molecule has 1 saturated heterocycles. The lowest BCUT2D eigenvalue weighted by Crippen LogP contribution is -2.58. The van der Waals surface area contributed by atoms with Gasteiger partial charge in [-0.3, -0.25) is 14.4 Å². The van der Waals surface area contributed by atoms with E-state index in [2.05, 4.69) is 15.6 Å². The van der Waals surface area contributed by atoms with E-state index in [-0.39, 0.29) is 45.2 Å². The van der Waals surface area contributed by atoms with Crippen molar-refractivity contribution in [3.05, 3.63) is 41.0 Å². The van der Waals surface area contributed by atoms with Crippen LogP contribution in [-0.4, -0.2) is 143 Å². The zero-order valence-electron chi connectivity index (χ0n) is 33.6. The molecule has 16 heteroatoms. The number of thiazole rings is 1. The summed E-state index contributed by atoms with van der Waals surface area (Å²) in [5.41, 5.74) is 4.06. The van der Waals surface area contributed by atoms with Crippen LogP contribution in [0, 0.1) is 12.3 Å². The van der Waals surface area contributed by atoms with Crippen molar-refractivity contribution in [3.8, 4) is 10.4 Å². The number of benzene rings is 1. The largest absolute Gasteiger partial charge is 0.391 e. The number of rotatable bonds is 29. The number of aromatic nitrogens is 1. The number of alkyl halides is 1. The second kappa shape index (κ2) is 27.0. The molecule has 0 aliphatic carbocycles. The van der Waals surface area contributed by atoms with Crippen LogP contribution in [0.5, 0.6) is 0 Å². The summed E-state index contributed by atoms with van der Waals surface area (Å²) in [5.74, 6) is -0.547. The number of nitrogens with zero attached hydrogens (tertiary/aromatic N) is 2. The average molecular weight is 827 g/mol. The summed E-state index contributed by atoms with van der Waals surface area (Å²) in [6, 6.07) is 6.06. The fraction of sp³-hybridized carbons (Fsp3) is 0.700. The van der Waals surface area contributed by atoms with E-state index in [0.717, 1.165) is 59.9 Å². The summed E-state index contributed by atoms with van der Waals surface area (Å²) in [7, 11) is 0. The van der Waals surface area contributed by atoms with Gasteiger partial charge in [0.2, 0.25) is 17.7 Å². The van der Waals surface area contributed by atoms with E-state index in [1.807, 2.05) is 57.5 Å². The van der Waals surface area contributed by atoms with E-state index in [4.69, 9.17) is 40.0 Å². The van der Waals surface area contributed by atoms with Crippen LogP contribution in [0.4, 0.5) is 0 Å². The number of aliphatic hydroxyl groups excluding tert-OH is 1. The minimum absolute atomic E-state index is 0.00489. The predicted molar refractivity (Wildman–Crippen MR) is 216 cm³/mol. The third-order valence-electron chi connectivity index (χ3n) is 8.98. The van der Waals surface area contributed by atoms with E-state index >= 15 is 0 Å². The Morgan fingerprint density at radius 2 is 1.41 bits per heavy atom. The monoisotopic (exact) mass is 826 g/mol. The molecule has 1 aliphatic heterocycles. The van der Waals surface area contributed by atoms with Gasteiger partial charge in [0.15, 0.2) is 0 Å². The SMILES string of the molecule is Cc1ncsc1-c1ccc(CNC(=O)C2CC(O)CN2C(=O)C(NC(=O)COCCOCCOCCOCCOCCOCCCCCCCl)C(C)(C)C)cc1. The van der Waals surface area contributed by atoms with E-state index in [1.54, 1.807) is 11.3 Å². The molecule has 1 aromatic carbocycles. The van der Waals surface area contributed by atoms with Crippen molar-refractivity contribution < 1.29 is 47.9 Å². The van der Waals surface area contributed by atoms with Crippen molar-refractivity contribution in [2.45, 2.75) is 84.5 Å². The Kier molecular flexibility index (Phi) is 23.0. The fourth-order valence-electron chi connectivity index (χ4n) is 5.90. The molecule has 1 aliphatic rings. The third-order valence-corrected chi connectivity index (χ3v) is 10.2. The molecular weight excluding hydrogens is 764 g/mol. The Hall–Kier alpha value is -2.73. The van der Waals surface area contributed by atoms with Gasteiger partial charge in [-0.25, -0.2) is 4.98 Å². The summed E-state index contributed by atoms with van der Waals surface area (Å²) in [6.07, 6.45) is 3.64. The first-order chi connectivity index (χ1) is 27.0. The summed E-state index contributed by atoms with van der Waals surface area (Å²) >= 11 is 7.24. The molecule has 3 amide bonds. The summed E-state index contributed by atoms with van der Waals surface area (Å²) < 4.78 is 33.0. The van der Waals surface area contributed by atoms with Crippen LogP contribution in [0.2, 0.25) is 0 Å². The topological polar surface area (TPSA) is 167 Å². The van der Waals surface area contributed by atoms with Gasteiger partial charge < -0.3 is 49.1 Å². The molecule has 14 nitrogen and oxygen atoms in total. The van der Waals surface area contributed by atoms with Crippen LogP contribution < -0.4 is 10.6 Å². The van der Waals surface area contributed by atoms with Gasteiger partial charge in [0.05, 0.1) is 88.3 Å². The highest BCUT2D eigenvalue weighted by molar-refractivity contribution is 7.13. The molecule has 56 heavy (non-hydrogen) atoms. The summed E-state index contributed by atoms with van der Waals surface area (Å²) in [6.45, 7) is 12.4. The Balaban J connectivity index is 1.25. The number of β-amino-alcohol motifs (C(OH)–C–C–N with tert-alkyl or cyclic N) is 1. The number of hydrogen-bond donors (Lipinski definition) is 3. The van der Waals surface area contributed by atoms with Crippen molar-refractivity contribution in [2.24, 2.45) is 5.41 Å². The molecule has 0 radical (unpaired) electrons. The highest BCUT2D eigenvalue weighted by Gasteiger charge is 2.44. The molecule has 1 fully saturated rings. The minimum Gasteiger partial charge on any atom is -0.391 e. The zero-order valence-corrected chi connectivity index (χ0v) is 35.1. The molecule has 1 aromatic heterocycles. The molecule has 3 unspecified atom stereocenters. The summed E-state index contributed by atoms with van der Waals surface area (Å²) in [4.78, 5) is 46.8. The molecule has 3 N–H and O–H groups in total. The first-order valence-corrected chi connectivity index (χ1v) is 21.0. The number of aryl methyl sites for hydroxylation is 1. The molecule has 0 spiro atoms. The first kappa shape index (κ1) is 47.6.